The third-order valence-electron chi connectivity index (χ3n) is 10.5. The van der Waals surface area contributed by atoms with Crippen LogP contribution in [0.3, 0.4) is 0 Å². The first-order chi connectivity index (χ1) is 32.0. The maximum Gasteiger partial charge on any atom is 0.306 e. The fourth-order valence-corrected chi connectivity index (χ4v) is 6.58. The maximum atomic E-state index is 12.8. The number of rotatable bonds is 45. The van der Waals surface area contributed by atoms with E-state index in [0.717, 1.165) is 83.5 Å². The zero-order valence-electron chi connectivity index (χ0n) is 41.7. The maximum absolute atomic E-state index is 12.8. The van der Waals surface area contributed by atoms with Crippen LogP contribution < -0.4 is 0 Å². The molecular formula is C59H94O6. The normalized spacial score (nSPS) is 13.1. The van der Waals surface area contributed by atoms with Gasteiger partial charge in [-0.25, -0.2) is 0 Å². The van der Waals surface area contributed by atoms with Crippen LogP contribution in [0.2, 0.25) is 0 Å². The first kappa shape index (κ1) is 60.8. The second-order valence-electron chi connectivity index (χ2n) is 16.7. The molecule has 65 heavy (non-hydrogen) atoms. The first-order valence-electron chi connectivity index (χ1n) is 26.0. The van der Waals surface area contributed by atoms with Crippen LogP contribution in [0.1, 0.15) is 213 Å². The highest BCUT2D eigenvalue weighted by Crippen LogP contribution is 2.13. The Morgan fingerprint density at radius 3 is 1.08 bits per heavy atom. The van der Waals surface area contributed by atoms with Gasteiger partial charge in [-0.2, -0.15) is 0 Å². The monoisotopic (exact) mass is 899 g/mol. The lowest BCUT2D eigenvalue weighted by atomic mass is 10.1. The summed E-state index contributed by atoms with van der Waals surface area (Å²) in [4.78, 5) is 37.9. The van der Waals surface area contributed by atoms with Gasteiger partial charge in [-0.1, -0.05) is 219 Å². The van der Waals surface area contributed by atoms with Gasteiger partial charge in [-0.15, -0.1) is 0 Å². The molecule has 6 heteroatoms. The Balaban J connectivity index is 4.59. The molecule has 6 nitrogen and oxygen atoms in total. The van der Waals surface area contributed by atoms with Gasteiger partial charge in [0.15, 0.2) is 6.10 Å². The van der Waals surface area contributed by atoms with Crippen LogP contribution in [0.4, 0.5) is 0 Å². The molecular weight excluding hydrogens is 805 g/mol. The molecule has 0 aliphatic heterocycles. The average Bonchev–Trinajstić information content (AvgIpc) is 3.30. The number of hydrogen-bond donors (Lipinski definition) is 0. The fourth-order valence-electron chi connectivity index (χ4n) is 6.58. The molecule has 0 aromatic rings. The topological polar surface area (TPSA) is 78.9 Å². The van der Waals surface area contributed by atoms with E-state index in [1.54, 1.807) is 0 Å². The van der Waals surface area contributed by atoms with Crippen LogP contribution in [-0.4, -0.2) is 37.2 Å². The summed E-state index contributed by atoms with van der Waals surface area (Å²) in [5, 5.41) is 0. The van der Waals surface area contributed by atoms with E-state index in [1.807, 2.05) is 12.2 Å². The van der Waals surface area contributed by atoms with Crippen molar-refractivity contribution in [2.45, 2.75) is 219 Å². The number of hydrogen-bond acceptors (Lipinski definition) is 6. The Hall–Kier alpha value is -4.19. The van der Waals surface area contributed by atoms with Gasteiger partial charge in [0.05, 0.1) is 0 Å². The lowest BCUT2D eigenvalue weighted by Crippen LogP contribution is -2.30. The Kier molecular flexibility index (Phi) is 49.1. The molecule has 0 heterocycles. The van der Waals surface area contributed by atoms with Gasteiger partial charge in [0.1, 0.15) is 13.2 Å². The third-order valence-corrected chi connectivity index (χ3v) is 10.5. The second kappa shape index (κ2) is 52.4. The summed E-state index contributed by atoms with van der Waals surface area (Å²) in [6, 6.07) is 0. The van der Waals surface area contributed by atoms with Gasteiger partial charge in [0, 0.05) is 19.3 Å². The minimum absolute atomic E-state index is 0.125. The molecule has 0 radical (unpaired) electrons. The minimum Gasteiger partial charge on any atom is -0.462 e. The summed E-state index contributed by atoms with van der Waals surface area (Å²) >= 11 is 0. The van der Waals surface area contributed by atoms with Crippen LogP contribution in [0.5, 0.6) is 0 Å². The van der Waals surface area contributed by atoms with Crippen molar-refractivity contribution in [2.75, 3.05) is 13.2 Å². The summed E-state index contributed by atoms with van der Waals surface area (Å²) in [7, 11) is 0. The van der Waals surface area contributed by atoms with Crippen LogP contribution in [0.15, 0.2) is 122 Å². The second-order valence-corrected chi connectivity index (χ2v) is 16.7. The van der Waals surface area contributed by atoms with Gasteiger partial charge < -0.3 is 14.2 Å². The smallest absolute Gasteiger partial charge is 0.306 e. The molecule has 0 spiro atoms. The summed E-state index contributed by atoms with van der Waals surface area (Å²) in [5.74, 6) is -1.08. The number of allylic oxidation sites excluding steroid dienone is 20. The molecule has 0 saturated heterocycles. The molecule has 0 amide bonds. The van der Waals surface area contributed by atoms with E-state index < -0.39 is 6.10 Å². The van der Waals surface area contributed by atoms with Crippen LogP contribution in [0, 0.1) is 0 Å². The van der Waals surface area contributed by atoms with E-state index in [1.165, 1.54) is 77.0 Å². The lowest BCUT2D eigenvalue weighted by Gasteiger charge is -2.18. The highest BCUT2D eigenvalue weighted by atomic mass is 16.6. The number of carbonyl (C=O) groups is 3. The highest BCUT2D eigenvalue weighted by Gasteiger charge is 2.19. The minimum atomic E-state index is -0.838. The predicted molar refractivity (Wildman–Crippen MR) is 279 cm³/mol. The van der Waals surface area contributed by atoms with E-state index >= 15 is 0 Å². The number of unbranched alkanes of at least 4 members (excludes halogenated alkanes) is 14. The van der Waals surface area contributed by atoms with Crippen molar-refractivity contribution in [1.29, 1.82) is 0 Å². The fraction of sp³-hybridized carbons (Fsp3) is 0.610. The van der Waals surface area contributed by atoms with Crippen molar-refractivity contribution in [3.8, 4) is 0 Å². The summed E-state index contributed by atoms with van der Waals surface area (Å²) in [6.07, 6.45) is 72.0. The van der Waals surface area contributed by atoms with Crippen LogP contribution in [-0.2, 0) is 28.6 Å². The van der Waals surface area contributed by atoms with Gasteiger partial charge in [-0.3, -0.25) is 14.4 Å². The lowest BCUT2D eigenvalue weighted by molar-refractivity contribution is -0.166. The van der Waals surface area contributed by atoms with E-state index in [9.17, 15) is 14.4 Å². The molecule has 0 fully saturated rings. The van der Waals surface area contributed by atoms with E-state index in [4.69, 9.17) is 14.2 Å². The summed E-state index contributed by atoms with van der Waals surface area (Å²) in [5.41, 5.74) is 0. The average molecular weight is 899 g/mol. The van der Waals surface area contributed by atoms with E-state index in [0.29, 0.717) is 19.3 Å². The molecule has 0 N–H and O–H groups in total. The molecule has 0 bridgehead atoms. The molecule has 0 aliphatic carbocycles. The van der Waals surface area contributed by atoms with Crippen molar-refractivity contribution in [3.05, 3.63) is 122 Å². The third kappa shape index (κ3) is 50.7. The standard InChI is InChI=1S/C59H94O6/c1-4-7-10-13-16-19-22-24-26-28-29-31-32-34-37-40-43-46-49-52-58(61)64-55-56(54-63-57(60)51-48-45-42-39-36-21-18-15-12-9-6-3)65-59(62)53-50-47-44-41-38-35-33-30-27-25-23-20-17-14-11-8-5-2/h7,10,16-17,19-20,24-27,29,31,33-35,37,41,43-44,46,56H,4-6,8-9,11-15,18,21-23,28,30,32,36,38-40,42,45,47-55H2,1-3H3/b10-7-,19-16-,20-17-,26-24-,27-25-,31-29-,35-33-,37-34-,44-41-,46-43-/t56-/m1/s1. The van der Waals surface area contributed by atoms with Crippen molar-refractivity contribution >= 4 is 17.9 Å². The van der Waals surface area contributed by atoms with E-state index in [2.05, 4.69) is 130 Å². The number of ether oxygens (including phenoxy) is 3. The molecule has 0 aromatic heterocycles. The van der Waals surface area contributed by atoms with Gasteiger partial charge >= 0.3 is 17.9 Å². The molecule has 0 aromatic carbocycles. The molecule has 0 rings (SSSR count). The van der Waals surface area contributed by atoms with Crippen molar-refractivity contribution in [2.24, 2.45) is 0 Å². The Labute approximate surface area is 399 Å². The van der Waals surface area contributed by atoms with Gasteiger partial charge in [-0.05, 0) is 96.3 Å². The zero-order chi connectivity index (χ0) is 47.2. The SMILES string of the molecule is CC/C=C\C/C=C\C/C=C\C/C=C\C/C=C\C/C=C\CCC(=O)OC[C@@H](COC(=O)CCCCCCCCCCCCC)OC(=O)CCC/C=C\C/C=C\C/C=C\C/C=C\CCCCC. The largest absolute Gasteiger partial charge is 0.462 e. The van der Waals surface area contributed by atoms with Crippen molar-refractivity contribution in [1.82, 2.24) is 0 Å². The summed E-state index contributed by atoms with van der Waals surface area (Å²) < 4.78 is 16.7. The number of carbonyl (C=O) groups excluding carboxylic acids is 3. The quantitative estimate of drug-likeness (QED) is 0.0262. The molecule has 0 saturated carbocycles. The highest BCUT2D eigenvalue weighted by molar-refractivity contribution is 5.71. The van der Waals surface area contributed by atoms with Gasteiger partial charge in [0.2, 0.25) is 0 Å². The first-order valence-corrected chi connectivity index (χ1v) is 26.0. The molecule has 1 atom stereocenters. The Morgan fingerprint density at radius 1 is 0.323 bits per heavy atom. The number of esters is 3. The summed E-state index contributed by atoms with van der Waals surface area (Å²) in [6.45, 7) is 6.36. The van der Waals surface area contributed by atoms with Crippen molar-refractivity contribution in [3.63, 3.8) is 0 Å². The Morgan fingerprint density at radius 2 is 0.646 bits per heavy atom. The predicted octanol–water partition coefficient (Wildman–Crippen LogP) is 17.3. The molecule has 0 unspecified atom stereocenters. The van der Waals surface area contributed by atoms with Gasteiger partial charge in [0.25, 0.3) is 0 Å². The molecule has 0 aliphatic rings. The van der Waals surface area contributed by atoms with Crippen LogP contribution >= 0.6 is 0 Å². The van der Waals surface area contributed by atoms with E-state index in [-0.39, 0.29) is 44.0 Å². The van der Waals surface area contributed by atoms with Crippen LogP contribution in [0.25, 0.3) is 0 Å². The Bertz CT molecular complexity index is 1400. The molecule has 366 valence electrons. The van der Waals surface area contributed by atoms with Crippen molar-refractivity contribution < 1.29 is 28.6 Å². The zero-order valence-corrected chi connectivity index (χ0v) is 41.7.